The predicted molar refractivity (Wildman–Crippen MR) is 104 cm³/mol. The third-order valence-corrected chi connectivity index (χ3v) is 4.79. The van der Waals surface area contributed by atoms with Crippen molar-refractivity contribution < 1.29 is 9.59 Å². The van der Waals surface area contributed by atoms with Crippen LogP contribution in [-0.2, 0) is 18.9 Å². The van der Waals surface area contributed by atoms with Crippen molar-refractivity contribution in [2.75, 3.05) is 4.90 Å². The molecule has 136 valence electrons. The Morgan fingerprint density at radius 2 is 1.70 bits per heavy atom. The number of imide groups is 1. The van der Waals surface area contributed by atoms with Gasteiger partial charge in [0.2, 0.25) is 0 Å². The van der Waals surface area contributed by atoms with Gasteiger partial charge in [-0.1, -0.05) is 23.7 Å². The Balaban J connectivity index is 1.74. The van der Waals surface area contributed by atoms with Crippen LogP contribution < -0.4 is 15.9 Å². The number of amides is 3. The standard InChI is InChI=1S/C19H15ClN4O3/c1-22-15-7-6-11(9-16(15)23(2)19(22)27)8-14-17(25)24(18(26)21-14)13-5-3-4-12(20)10-13/h3-10H,1-2H3,(H,21,26)/b14-8-. The minimum absolute atomic E-state index is 0.132. The van der Waals surface area contributed by atoms with Crippen LogP contribution in [0.2, 0.25) is 5.02 Å². The molecule has 1 saturated heterocycles. The summed E-state index contributed by atoms with van der Waals surface area (Å²) in [4.78, 5) is 38.0. The highest BCUT2D eigenvalue weighted by Gasteiger charge is 2.34. The van der Waals surface area contributed by atoms with E-state index >= 15 is 0 Å². The van der Waals surface area contributed by atoms with Gasteiger partial charge < -0.3 is 5.32 Å². The summed E-state index contributed by atoms with van der Waals surface area (Å²) in [6.45, 7) is 0. The molecule has 4 rings (SSSR count). The van der Waals surface area contributed by atoms with Gasteiger partial charge in [0, 0.05) is 19.1 Å². The highest BCUT2D eigenvalue weighted by molar-refractivity contribution is 6.32. The average molecular weight is 383 g/mol. The lowest BCUT2D eigenvalue weighted by Crippen LogP contribution is -2.30. The van der Waals surface area contributed by atoms with Crippen LogP contribution in [-0.4, -0.2) is 21.1 Å². The number of nitrogens with one attached hydrogen (secondary N) is 1. The summed E-state index contributed by atoms with van der Waals surface area (Å²) >= 11 is 5.96. The quantitative estimate of drug-likeness (QED) is 0.546. The van der Waals surface area contributed by atoms with Gasteiger partial charge >= 0.3 is 11.7 Å². The summed E-state index contributed by atoms with van der Waals surface area (Å²) in [5.74, 6) is -0.468. The molecular formula is C19H15ClN4O3. The first-order valence-electron chi connectivity index (χ1n) is 8.15. The first-order valence-corrected chi connectivity index (χ1v) is 8.53. The van der Waals surface area contributed by atoms with Gasteiger partial charge in [-0.25, -0.2) is 14.5 Å². The smallest absolute Gasteiger partial charge is 0.302 e. The summed E-state index contributed by atoms with van der Waals surface area (Å²) < 4.78 is 3.08. The van der Waals surface area contributed by atoms with Crippen molar-refractivity contribution >= 4 is 46.3 Å². The molecule has 1 aromatic heterocycles. The van der Waals surface area contributed by atoms with E-state index in [2.05, 4.69) is 5.32 Å². The molecule has 0 aliphatic carbocycles. The highest BCUT2D eigenvalue weighted by Crippen LogP contribution is 2.25. The van der Waals surface area contributed by atoms with Crippen LogP contribution in [0, 0.1) is 0 Å². The zero-order chi connectivity index (χ0) is 19.3. The first kappa shape index (κ1) is 17.1. The number of imidazole rings is 1. The Hall–Kier alpha value is -3.32. The molecule has 2 heterocycles. The molecule has 7 nitrogen and oxygen atoms in total. The molecule has 2 aromatic carbocycles. The molecule has 1 aliphatic rings. The van der Waals surface area contributed by atoms with Crippen molar-refractivity contribution in [3.05, 3.63) is 69.2 Å². The summed E-state index contributed by atoms with van der Waals surface area (Å²) in [7, 11) is 3.39. The van der Waals surface area contributed by atoms with Crippen molar-refractivity contribution in [1.29, 1.82) is 0 Å². The molecule has 1 N–H and O–H groups in total. The second-order valence-electron chi connectivity index (χ2n) is 6.26. The summed E-state index contributed by atoms with van der Waals surface area (Å²) in [5, 5.41) is 3.01. The van der Waals surface area contributed by atoms with Gasteiger partial charge in [-0.05, 0) is 42.0 Å². The molecule has 3 aromatic rings. The molecule has 0 bridgehead atoms. The van der Waals surface area contributed by atoms with E-state index in [0.717, 1.165) is 15.9 Å². The van der Waals surface area contributed by atoms with Crippen molar-refractivity contribution in [3.63, 3.8) is 0 Å². The first-order chi connectivity index (χ1) is 12.9. The number of carbonyl (C=O) groups excluding carboxylic acids is 2. The lowest BCUT2D eigenvalue weighted by atomic mass is 10.1. The topological polar surface area (TPSA) is 76.3 Å². The monoisotopic (exact) mass is 382 g/mol. The number of anilines is 1. The Bertz CT molecular complexity index is 1210. The number of hydrogen-bond donors (Lipinski definition) is 1. The maximum absolute atomic E-state index is 12.7. The van der Waals surface area contributed by atoms with Gasteiger partial charge in [0.05, 0.1) is 16.7 Å². The van der Waals surface area contributed by atoms with E-state index in [1.165, 1.54) is 4.57 Å². The summed E-state index contributed by atoms with van der Waals surface area (Å²) in [6, 6.07) is 11.4. The number of carbonyl (C=O) groups is 2. The highest BCUT2D eigenvalue weighted by atomic mass is 35.5. The number of halogens is 1. The Morgan fingerprint density at radius 1 is 0.963 bits per heavy atom. The number of aromatic nitrogens is 2. The second kappa shape index (κ2) is 6.14. The number of benzene rings is 2. The molecule has 0 radical (unpaired) electrons. The van der Waals surface area contributed by atoms with Crippen molar-refractivity contribution in [2.45, 2.75) is 0 Å². The Kier molecular flexibility index (Phi) is 3.89. The normalized spacial score (nSPS) is 15.8. The molecular weight excluding hydrogens is 368 g/mol. The molecule has 0 spiro atoms. The van der Waals surface area contributed by atoms with Crippen molar-refractivity contribution in [2.24, 2.45) is 14.1 Å². The number of hydrogen-bond acceptors (Lipinski definition) is 3. The molecule has 1 fully saturated rings. The van der Waals surface area contributed by atoms with Crippen molar-refractivity contribution in [3.8, 4) is 0 Å². The molecule has 27 heavy (non-hydrogen) atoms. The van der Waals surface area contributed by atoms with Gasteiger partial charge in [-0.3, -0.25) is 13.9 Å². The van der Waals surface area contributed by atoms with Gasteiger partial charge in [0.25, 0.3) is 5.91 Å². The van der Waals surface area contributed by atoms with Gasteiger partial charge in [-0.2, -0.15) is 0 Å². The number of aryl methyl sites for hydroxylation is 2. The number of urea groups is 1. The van der Waals surface area contributed by atoms with Crippen LogP contribution in [0.15, 0.2) is 53.0 Å². The van der Waals surface area contributed by atoms with E-state index in [0.29, 0.717) is 16.3 Å². The predicted octanol–water partition coefficient (Wildman–Crippen LogP) is 2.63. The average Bonchev–Trinajstić information content (AvgIpc) is 3.03. The summed E-state index contributed by atoms with van der Waals surface area (Å²) in [6.07, 6.45) is 1.59. The molecule has 8 heteroatoms. The summed E-state index contributed by atoms with van der Waals surface area (Å²) in [5.41, 5.74) is 2.63. The van der Waals surface area contributed by atoms with E-state index in [9.17, 15) is 14.4 Å². The van der Waals surface area contributed by atoms with E-state index in [1.807, 2.05) is 0 Å². The fraction of sp³-hybridized carbons (Fsp3) is 0.105. The van der Waals surface area contributed by atoms with E-state index in [4.69, 9.17) is 11.6 Å². The third-order valence-electron chi connectivity index (χ3n) is 4.55. The number of nitrogens with zero attached hydrogens (tertiary/aromatic N) is 3. The van der Waals surface area contributed by atoms with Gasteiger partial charge in [0.15, 0.2) is 0 Å². The largest absolute Gasteiger partial charge is 0.333 e. The van der Waals surface area contributed by atoms with Crippen LogP contribution in [0.25, 0.3) is 17.1 Å². The zero-order valence-corrected chi connectivity index (χ0v) is 15.3. The van der Waals surface area contributed by atoms with Crippen molar-refractivity contribution in [1.82, 2.24) is 14.5 Å². The van der Waals surface area contributed by atoms with E-state index < -0.39 is 11.9 Å². The van der Waals surface area contributed by atoms with Crippen LogP contribution in [0.4, 0.5) is 10.5 Å². The fourth-order valence-corrected chi connectivity index (χ4v) is 3.35. The molecule has 3 amide bonds. The minimum Gasteiger partial charge on any atom is -0.302 e. The maximum atomic E-state index is 12.7. The fourth-order valence-electron chi connectivity index (χ4n) is 3.17. The Morgan fingerprint density at radius 3 is 2.44 bits per heavy atom. The molecule has 1 aliphatic heterocycles. The van der Waals surface area contributed by atoms with Gasteiger partial charge in [-0.15, -0.1) is 0 Å². The van der Waals surface area contributed by atoms with E-state index in [-0.39, 0.29) is 11.4 Å². The molecule has 0 unspecified atom stereocenters. The maximum Gasteiger partial charge on any atom is 0.333 e. The van der Waals surface area contributed by atoms with Gasteiger partial charge in [0.1, 0.15) is 5.70 Å². The third kappa shape index (κ3) is 2.72. The second-order valence-corrected chi connectivity index (χ2v) is 6.69. The lowest BCUT2D eigenvalue weighted by Gasteiger charge is -2.11. The number of fused-ring (bicyclic) bond motifs is 1. The Labute approximate surface area is 159 Å². The van der Waals surface area contributed by atoms with Crippen LogP contribution in [0.5, 0.6) is 0 Å². The van der Waals surface area contributed by atoms with Crippen LogP contribution in [0.3, 0.4) is 0 Å². The SMILES string of the molecule is Cn1c(=O)n(C)c2cc(/C=C3\NC(=O)N(c4cccc(Cl)c4)C3=O)ccc21. The lowest BCUT2D eigenvalue weighted by molar-refractivity contribution is -0.113. The minimum atomic E-state index is -0.540. The van der Waals surface area contributed by atoms with Crippen LogP contribution >= 0.6 is 11.6 Å². The molecule has 0 saturated carbocycles. The van der Waals surface area contributed by atoms with E-state index in [1.54, 1.807) is 67.2 Å². The number of rotatable bonds is 2. The van der Waals surface area contributed by atoms with Crippen LogP contribution in [0.1, 0.15) is 5.56 Å². The zero-order valence-electron chi connectivity index (χ0n) is 14.6. The molecule has 0 atom stereocenters.